The van der Waals surface area contributed by atoms with E-state index in [2.05, 4.69) is 21.2 Å². The molecule has 0 atom stereocenters. The van der Waals surface area contributed by atoms with Gasteiger partial charge in [-0.2, -0.15) is 0 Å². The average molecular weight is 242 g/mol. The van der Waals surface area contributed by atoms with Crippen molar-refractivity contribution < 1.29 is 9.53 Å². The van der Waals surface area contributed by atoms with Gasteiger partial charge in [-0.05, 0) is 28.1 Å². The molecule has 13 heavy (non-hydrogen) atoms. The van der Waals surface area contributed by atoms with E-state index in [0.29, 0.717) is 13.0 Å². The molecule has 1 aliphatic rings. The lowest BCUT2D eigenvalue weighted by atomic mass is 10.3. The molecule has 0 saturated heterocycles. The zero-order valence-electron chi connectivity index (χ0n) is 6.84. The summed E-state index contributed by atoms with van der Waals surface area (Å²) in [5.41, 5.74) is 0.727. The number of hydrogen-bond acceptors (Lipinski definition) is 2. The number of amides is 1. The highest BCUT2D eigenvalue weighted by Gasteiger charge is 2.15. The van der Waals surface area contributed by atoms with Gasteiger partial charge in [0.25, 0.3) is 0 Å². The molecule has 0 fully saturated rings. The van der Waals surface area contributed by atoms with Gasteiger partial charge >= 0.3 is 0 Å². The summed E-state index contributed by atoms with van der Waals surface area (Å²) < 4.78 is 6.23. The topological polar surface area (TPSA) is 38.3 Å². The number of nitrogens with one attached hydrogen (secondary N) is 1. The number of ether oxygens (including phenoxy) is 1. The van der Waals surface area contributed by atoms with E-state index in [9.17, 15) is 4.79 Å². The summed E-state index contributed by atoms with van der Waals surface area (Å²) >= 11 is 3.35. The van der Waals surface area contributed by atoms with Crippen molar-refractivity contribution in [2.24, 2.45) is 0 Å². The summed E-state index contributed by atoms with van der Waals surface area (Å²) in [5, 5.41) is 2.78. The average Bonchev–Trinajstić information content (AvgIpc) is 2.28. The maximum Gasteiger partial charge on any atom is 0.227 e. The second kappa shape index (κ2) is 3.38. The van der Waals surface area contributed by atoms with E-state index in [0.717, 1.165) is 15.9 Å². The van der Waals surface area contributed by atoms with Gasteiger partial charge in [0.05, 0.1) is 18.7 Å². The van der Waals surface area contributed by atoms with E-state index in [-0.39, 0.29) is 5.91 Å². The van der Waals surface area contributed by atoms with Crippen molar-refractivity contribution in [2.75, 3.05) is 11.9 Å². The summed E-state index contributed by atoms with van der Waals surface area (Å²) in [6, 6.07) is 5.58. The third-order valence-electron chi connectivity index (χ3n) is 1.83. The monoisotopic (exact) mass is 241 g/mol. The van der Waals surface area contributed by atoms with Gasteiger partial charge in [0, 0.05) is 4.47 Å². The fourth-order valence-electron chi connectivity index (χ4n) is 1.20. The standard InChI is InChI=1S/C9H8BrNO2/c10-6-2-1-3-7-9(6)11-8(12)4-5-13-7/h1-3H,4-5H2,(H,11,12). The Kier molecular flexibility index (Phi) is 2.22. The molecule has 1 N–H and O–H groups in total. The molecule has 1 amide bonds. The minimum atomic E-state index is -0.00866. The number of anilines is 1. The molecule has 0 aromatic heterocycles. The van der Waals surface area contributed by atoms with Gasteiger partial charge in [0.2, 0.25) is 5.91 Å². The maximum absolute atomic E-state index is 11.2. The number of hydrogen-bond donors (Lipinski definition) is 1. The summed E-state index contributed by atoms with van der Waals surface area (Å²) in [6.07, 6.45) is 0.404. The van der Waals surface area contributed by atoms with E-state index in [4.69, 9.17) is 4.74 Å². The van der Waals surface area contributed by atoms with Gasteiger partial charge in [-0.25, -0.2) is 0 Å². The molecule has 1 heterocycles. The van der Waals surface area contributed by atoms with Crippen LogP contribution in [0.15, 0.2) is 22.7 Å². The van der Waals surface area contributed by atoms with Gasteiger partial charge in [0.1, 0.15) is 5.75 Å². The molecule has 1 aromatic carbocycles. The van der Waals surface area contributed by atoms with Crippen LogP contribution in [0.4, 0.5) is 5.69 Å². The Morgan fingerprint density at radius 3 is 3.15 bits per heavy atom. The molecular formula is C9H8BrNO2. The third-order valence-corrected chi connectivity index (χ3v) is 2.49. The van der Waals surface area contributed by atoms with Gasteiger partial charge in [-0.15, -0.1) is 0 Å². The van der Waals surface area contributed by atoms with Gasteiger partial charge in [-0.3, -0.25) is 4.79 Å². The van der Waals surface area contributed by atoms with E-state index in [1.807, 2.05) is 18.2 Å². The van der Waals surface area contributed by atoms with Crippen molar-refractivity contribution in [3.63, 3.8) is 0 Å². The summed E-state index contributed by atoms with van der Waals surface area (Å²) in [5.74, 6) is 0.714. The van der Waals surface area contributed by atoms with Crippen LogP contribution in [0.25, 0.3) is 0 Å². The molecule has 0 radical (unpaired) electrons. The second-order valence-electron chi connectivity index (χ2n) is 2.76. The molecule has 2 rings (SSSR count). The van der Waals surface area contributed by atoms with Gasteiger partial charge in [-0.1, -0.05) is 6.07 Å². The Morgan fingerprint density at radius 2 is 2.31 bits per heavy atom. The van der Waals surface area contributed by atoms with Crippen LogP contribution >= 0.6 is 15.9 Å². The van der Waals surface area contributed by atoms with Crippen molar-refractivity contribution in [3.05, 3.63) is 22.7 Å². The number of carbonyl (C=O) groups is 1. The highest BCUT2D eigenvalue weighted by atomic mass is 79.9. The zero-order valence-corrected chi connectivity index (χ0v) is 8.43. The zero-order chi connectivity index (χ0) is 9.26. The van der Waals surface area contributed by atoms with Crippen LogP contribution in [0.3, 0.4) is 0 Å². The van der Waals surface area contributed by atoms with Crippen molar-refractivity contribution in [3.8, 4) is 5.75 Å². The first kappa shape index (κ1) is 8.56. The highest BCUT2D eigenvalue weighted by molar-refractivity contribution is 9.10. The van der Waals surface area contributed by atoms with Crippen molar-refractivity contribution >= 4 is 27.5 Å². The Morgan fingerprint density at radius 1 is 1.46 bits per heavy atom. The first-order valence-corrected chi connectivity index (χ1v) is 4.78. The van der Waals surface area contributed by atoms with Crippen LogP contribution in [-0.4, -0.2) is 12.5 Å². The van der Waals surface area contributed by atoms with Crippen LogP contribution in [0.5, 0.6) is 5.75 Å². The molecule has 0 saturated carbocycles. The van der Waals surface area contributed by atoms with Gasteiger partial charge < -0.3 is 10.1 Å². The lowest BCUT2D eigenvalue weighted by Crippen LogP contribution is -2.10. The van der Waals surface area contributed by atoms with Gasteiger partial charge in [0.15, 0.2) is 0 Å². The Balaban J connectivity index is 2.46. The summed E-state index contributed by atoms with van der Waals surface area (Å²) in [7, 11) is 0. The molecule has 0 spiro atoms. The Bertz CT molecular complexity index is 351. The first-order chi connectivity index (χ1) is 6.27. The lowest BCUT2D eigenvalue weighted by Gasteiger charge is -2.07. The van der Waals surface area contributed by atoms with E-state index < -0.39 is 0 Å². The molecule has 3 nitrogen and oxygen atoms in total. The number of carbonyl (C=O) groups excluding carboxylic acids is 1. The quantitative estimate of drug-likeness (QED) is 0.757. The van der Waals surface area contributed by atoms with Crippen LogP contribution in [0.1, 0.15) is 6.42 Å². The fraction of sp³-hybridized carbons (Fsp3) is 0.222. The molecule has 68 valence electrons. The summed E-state index contributed by atoms with van der Waals surface area (Å²) in [6.45, 7) is 0.440. The number of benzene rings is 1. The van der Waals surface area contributed by atoms with Crippen molar-refractivity contribution in [1.82, 2.24) is 0 Å². The lowest BCUT2D eigenvalue weighted by molar-refractivity contribution is -0.116. The van der Waals surface area contributed by atoms with Crippen molar-refractivity contribution in [2.45, 2.75) is 6.42 Å². The molecular weight excluding hydrogens is 234 g/mol. The Hall–Kier alpha value is -1.03. The molecule has 0 unspecified atom stereocenters. The van der Waals surface area contributed by atoms with Crippen LogP contribution < -0.4 is 10.1 Å². The Labute approximate surface area is 84.2 Å². The van der Waals surface area contributed by atoms with Crippen LogP contribution in [-0.2, 0) is 4.79 Å². The fourth-order valence-corrected chi connectivity index (χ4v) is 1.65. The van der Waals surface area contributed by atoms with E-state index in [1.54, 1.807) is 0 Å². The predicted octanol–water partition coefficient (Wildman–Crippen LogP) is 2.17. The minimum absolute atomic E-state index is 0.00866. The smallest absolute Gasteiger partial charge is 0.227 e. The van der Waals surface area contributed by atoms with Crippen LogP contribution in [0, 0.1) is 0 Å². The maximum atomic E-state index is 11.2. The number of fused-ring (bicyclic) bond motifs is 1. The van der Waals surface area contributed by atoms with Crippen LogP contribution in [0.2, 0.25) is 0 Å². The third kappa shape index (κ3) is 1.67. The normalized spacial score (nSPS) is 15.3. The van der Waals surface area contributed by atoms with Crippen molar-refractivity contribution in [1.29, 1.82) is 0 Å². The largest absolute Gasteiger partial charge is 0.491 e. The number of halogens is 1. The number of para-hydroxylation sites is 1. The highest BCUT2D eigenvalue weighted by Crippen LogP contribution is 2.33. The molecule has 1 aliphatic heterocycles. The molecule has 0 bridgehead atoms. The molecule has 4 heteroatoms. The second-order valence-corrected chi connectivity index (χ2v) is 3.61. The SMILES string of the molecule is O=C1CCOc2cccc(Br)c2N1. The summed E-state index contributed by atoms with van der Waals surface area (Å²) in [4.78, 5) is 11.2. The number of rotatable bonds is 0. The first-order valence-electron chi connectivity index (χ1n) is 3.98. The van der Waals surface area contributed by atoms with E-state index >= 15 is 0 Å². The predicted molar refractivity (Wildman–Crippen MR) is 52.9 cm³/mol. The van der Waals surface area contributed by atoms with E-state index in [1.165, 1.54) is 0 Å². The minimum Gasteiger partial charge on any atom is -0.491 e. The molecule has 0 aliphatic carbocycles. The molecule has 1 aromatic rings.